The van der Waals surface area contributed by atoms with E-state index in [0.717, 1.165) is 0 Å². The molecule has 0 bridgehead atoms. The molecule has 0 aliphatic heterocycles. The molecule has 0 aliphatic carbocycles. The van der Waals surface area contributed by atoms with Gasteiger partial charge in [-0.2, -0.15) is 0 Å². The van der Waals surface area contributed by atoms with Gasteiger partial charge < -0.3 is 5.11 Å². The van der Waals surface area contributed by atoms with E-state index in [0.29, 0.717) is 11.4 Å². The molecular formula is C14H23NO2S. The third-order valence-corrected chi connectivity index (χ3v) is 5.21. The minimum atomic E-state index is -2.49. The lowest BCUT2D eigenvalue weighted by Gasteiger charge is -2.23. The summed E-state index contributed by atoms with van der Waals surface area (Å²) in [5.41, 5.74) is 1.28. The van der Waals surface area contributed by atoms with Gasteiger partial charge in [-0.05, 0) is 36.0 Å². The average Bonchev–Trinajstić information content (AvgIpc) is 2.28. The summed E-state index contributed by atoms with van der Waals surface area (Å²) in [6, 6.07) is 7.72. The fraction of sp³-hybridized carbons (Fsp3) is 0.500. The zero-order valence-corrected chi connectivity index (χ0v) is 12.5. The number of likely N-dealkylation sites (N-methyl/N-ethyl adjacent to an activating group) is 1. The Bertz CT molecular complexity index is 484. The van der Waals surface area contributed by atoms with Crippen LogP contribution in [-0.2, 0) is 15.1 Å². The Morgan fingerprint density at radius 2 is 1.78 bits per heavy atom. The summed E-state index contributed by atoms with van der Waals surface area (Å²) in [4.78, 5) is 0.700. The van der Waals surface area contributed by atoms with Crippen molar-refractivity contribution in [2.45, 2.75) is 31.1 Å². The number of aliphatic hydroxyl groups is 1. The average molecular weight is 269 g/mol. The summed E-state index contributed by atoms with van der Waals surface area (Å²) >= 11 is 0. The molecule has 1 aromatic rings. The van der Waals surface area contributed by atoms with E-state index in [1.54, 1.807) is 11.4 Å². The molecule has 0 amide bonds. The first-order valence-electron chi connectivity index (χ1n) is 5.99. The standard InChI is InChI=1S/C14H23NO2S/c1-14(2,3)12-6-8-13(9-7-12)18(5,17)15(4)10-11-16/h6-9,16H,5,10-11H2,1-4H3. The van der Waals surface area contributed by atoms with Gasteiger partial charge in [0.2, 0.25) is 0 Å². The van der Waals surface area contributed by atoms with Crippen LogP contribution in [0.1, 0.15) is 26.3 Å². The lowest BCUT2D eigenvalue weighted by molar-refractivity contribution is 0.270. The minimum Gasteiger partial charge on any atom is -0.395 e. The fourth-order valence-corrected chi connectivity index (χ4v) is 2.93. The highest BCUT2D eigenvalue weighted by Crippen LogP contribution is 2.24. The van der Waals surface area contributed by atoms with Crippen molar-refractivity contribution in [3.63, 3.8) is 0 Å². The zero-order chi connectivity index (χ0) is 14.0. The Kier molecular flexibility index (Phi) is 4.59. The number of hydrogen-bond acceptors (Lipinski definition) is 2. The van der Waals surface area contributed by atoms with Gasteiger partial charge in [-0.15, -0.1) is 0 Å². The largest absolute Gasteiger partial charge is 0.395 e. The molecule has 0 radical (unpaired) electrons. The van der Waals surface area contributed by atoms with E-state index in [1.165, 1.54) is 5.56 Å². The van der Waals surface area contributed by atoms with Crippen LogP contribution in [-0.4, -0.2) is 39.7 Å². The van der Waals surface area contributed by atoms with E-state index in [9.17, 15) is 4.21 Å². The molecule has 0 aliphatic rings. The Morgan fingerprint density at radius 1 is 1.28 bits per heavy atom. The fourth-order valence-electron chi connectivity index (χ4n) is 1.64. The van der Waals surface area contributed by atoms with Crippen molar-refractivity contribution in [1.82, 2.24) is 4.31 Å². The van der Waals surface area contributed by atoms with Gasteiger partial charge in [0.15, 0.2) is 0 Å². The maximum Gasteiger partial charge on any atom is 0.0568 e. The van der Waals surface area contributed by atoms with E-state index in [1.807, 2.05) is 24.3 Å². The second kappa shape index (κ2) is 5.43. The van der Waals surface area contributed by atoms with Gasteiger partial charge in [-0.25, -0.2) is 8.51 Å². The molecule has 0 saturated carbocycles. The molecule has 1 N–H and O–H groups in total. The second-order valence-electron chi connectivity index (χ2n) is 5.49. The number of rotatable bonds is 4. The van der Waals surface area contributed by atoms with Gasteiger partial charge in [0.1, 0.15) is 0 Å². The second-order valence-corrected chi connectivity index (χ2v) is 7.87. The van der Waals surface area contributed by atoms with Crippen LogP contribution in [0, 0.1) is 0 Å². The maximum absolute atomic E-state index is 12.5. The van der Waals surface area contributed by atoms with E-state index in [2.05, 4.69) is 26.6 Å². The van der Waals surface area contributed by atoms with Crippen LogP contribution in [0.2, 0.25) is 0 Å². The smallest absolute Gasteiger partial charge is 0.0568 e. The molecule has 0 aromatic heterocycles. The Hall–Kier alpha value is -0.840. The predicted octanol–water partition coefficient (Wildman–Crippen LogP) is 1.90. The van der Waals surface area contributed by atoms with E-state index in [4.69, 9.17) is 5.11 Å². The molecular weight excluding hydrogens is 246 g/mol. The summed E-state index contributed by atoms with van der Waals surface area (Å²) < 4.78 is 14.1. The normalized spacial score (nSPS) is 15.7. The van der Waals surface area contributed by atoms with Crippen LogP contribution >= 0.6 is 0 Å². The van der Waals surface area contributed by atoms with Gasteiger partial charge in [-0.3, -0.25) is 0 Å². The molecule has 0 heterocycles. The van der Waals surface area contributed by atoms with Crippen molar-refractivity contribution in [1.29, 1.82) is 0 Å². The monoisotopic (exact) mass is 269 g/mol. The van der Waals surface area contributed by atoms with E-state index < -0.39 is 9.71 Å². The van der Waals surface area contributed by atoms with E-state index in [-0.39, 0.29) is 12.0 Å². The topological polar surface area (TPSA) is 40.5 Å². The Balaban J connectivity index is 3.05. The summed E-state index contributed by atoms with van der Waals surface area (Å²) in [6.07, 6.45) is 0. The van der Waals surface area contributed by atoms with Gasteiger partial charge in [0.05, 0.1) is 16.3 Å². The SMILES string of the molecule is C=S(=O)(c1ccc(C(C)(C)C)cc1)N(C)CCO. The van der Waals surface area contributed by atoms with Crippen LogP contribution in [0.4, 0.5) is 0 Å². The predicted molar refractivity (Wildman–Crippen MR) is 78.4 cm³/mol. The Morgan fingerprint density at radius 3 is 2.17 bits per heavy atom. The van der Waals surface area contributed by atoms with Crippen LogP contribution in [0.5, 0.6) is 0 Å². The third-order valence-electron chi connectivity index (χ3n) is 3.01. The Labute approximate surface area is 111 Å². The lowest BCUT2D eigenvalue weighted by atomic mass is 9.87. The molecule has 0 fully saturated rings. The van der Waals surface area contributed by atoms with Crippen molar-refractivity contribution >= 4 is 15.6 Å². The van der Waals surface area contributed by atoms with Crippen molar-refractivity contribution in [3.05, 3.63) is 29.8 Å². The third kappa shape index (κ3) is 3.34. The quantitative estimate of drug-likeness (QED) is 0.848. The number of aliphatic hydroxyl groups excluding tert-OH is 1. The van der Waals surface area contributed by atoms with Crippen molar-refractivity contribution in [2.24, 2.45) is 0 Å². The van der Waals surface area contributed by atoms with E-state index >= 15 is 0 Å². The molecule has 102 valence electrons. The molecule has 4 heteroatoms. The molecule has 0 saturated heterocycles. The van der Waals surface area contributed by atoms with Crippen LogP contribution in [0.3, 0.4) is 0 Å². The first-order chi connectivity index (χ1) is 8.19. The molecule has 1 aromatic carbocycles. The molecule has 1 unspecified atom stereocenters. The summed E-state index contributed by atoms with van der Waals surface area (Å²) in [7, 11) is -0.779. The van der Waals surface area contributed by atoms with Crippen molar-refractivity contribution in [3.8, 4) is 0 Å². The van der Waals surface area contributed by atoms with Crippen LogP contribution in [0.15, 0.2) is 29.2 Å². The van der Waals surface area contributed by atoms with Crippen LogP contribution in [0.25, 0.3) is 0 Å². The van der Waals surface area contributed by atoms with Gasteiger partial charge in [0.25, 0.3) is 0 Å². The van der Waals surface area contributed by atoms with Crippen LogP contribution < -0.4 is 0 Å². The molecule has 3 nitrogen and oxygen atoms in total. The highest BCUT2D eigenvalue weighted by Gasteiger charge is 2.17. The van der Waals surface area contributed by atoms with Gasteiger partial charge >= 0.3 is 0 Å². The summed E-state index contributed by atoms with van der Waals surface area (Å²) in [5, 5.41) is 8.90. The first kappa shape index (κ1) is 15.2. The summed E-state index contributed by atoms with van der Waals surface area (Å²) in [5.74, 6) is 3.79. The first-order valence-corrected chi connectivity index (χ1v) is 7.68. The molecule has 1 atom stereocenters. The molecule has 18 heavy (non-hydrogen) atoms. The number of benzene rings is 1. The van der Waals surface area contributed by atoms with Gasteiger partial charge in [0, 0.05) is 11.4 Å². The van der Waals surface area contributed by atoms with Crippen molar-refractivity contribution < 1.29 is 9.32 Å². The maximum atomic E-state index is 12.5. The molecule has 1 rings (SSSR count). The van der Waals surface area contributed by atoms with Gasteiger partial charge in [-0.1, -0.05) is 32.9 Å². The summed E-state index contributed by atoms with van der Waals surface area (Å²) in [6.45, 7) is 6.75. The zero-order valence-electron chi connectivity index (χ0n) is 11.6. The minimum absolute atomic E-state index is 0.0247. The highest BCUT2D eigenvalue weighted by atomic mass is 32.2. The van der Waals surface area contributed by atoms with Crippen molar-refractivity contribution in [2.75, 3.05) is 20.2 Å². The number of nitrogens with zero attached hydrogens (tertiary/aromatic N) is 1. The highest BCUT2D eigenvalue weighted by molar-refractivity contribution is 7.98. The lowest BCUT2D eigenvalue weighted by Crippen LogP contribution is -2.29. The molecule has 0 spiro atoms. The number of hydrogen-bond donors (Lipinski definition) is 1.